The first-order valence-corrected chi connectivity index (χ1v) is 7.58. The van der Waals surface area contributed by atoms with E-state index >= 15 is 0 Å². The van der Waals surface area contributed by atoms with E-state index in [0.717, 1.165) is 13.0 Å². The maximum atomic E-state index is 6.08. The summed E-state index contributed by atoms with van der Waals surface area (Å²) in [6, 6.07) is 0.257. The van der Waals surface area contributed by atoms with Crippen LogP contribution in [-0.4, -0.2) is 18.2 Å². The van der Waals surface area contributed by atoms with Gasteiger partial charge in [0.2, 0.25) is 0 Å². The van der Waals surface area contributed by atoms with Gasteiger partial charge >= 0.3 is 0 Å². The van der Waals surface area contributed by atoms with Crippen molar-refractivity contribution in [2.24, 2.45) is 5.73 Å². The van der Waals surface area contributed by atoms with Gasteiger partial charge in [-0.1, -0.05) is 64.7 Å². The number of epoxide rings is 1. The monoisotopic (exact) mass is 241 g/mol. The van der Waals surface area contributed by atoms with E-state index in [1.54, 1.807) is 0 Å². The van der Waals surface area contributed by atoms with Crippen molar-refractivity contribution in [3.05, 3.63) is 0 Å². The van der Waals surface area contributed by atoms with Crippen LogP contribution in [-0.2, 0) is 4.74 Å². The Morgan fingerprint density at radius 3 is 1.94 bits per heavy atom. The van der Waals surface area contributed by atoms with Crippen LogP contribution >= 0.6 is 0 Å². The quantitative estimate of drug-likeness (QED) is 0.438. The van der Waals surface area contributed by atoms with Crippen LogP contribution in [0.25, 0.3) is 0 Å². The van der Waals surface area contributed by atoms with Crippen LogP contribution in [0, 0.1) is 0 Å². The lowest BCUT2D eigenvalue weighted by Crippen LogP contribution is -2.35. The maximum Gasteiger partial charge on any atom is 0.104 e. The first-order valence-electron chi connectivity index (χ1n) is 7.58. The molecule has 17 heavy (non-hydrogen) atoms. The zero-order chi connectivity index (χ0) is 12.6. The normalized spacial score (nSPS) is 24.9. The van der Waals surface area contributed by atoms with Gasteiger partial charge in [-0.25, -0.2) is 0 Å². The molecule has 2 atom stereocenters. The van der Waals surface area contributed by atoms with Crippen LogP contribution in [0.1, 0.15) is 78.1 Å². The number of hydrogen-bond donors (Lipinski definition) is 1. The molecular formula is C15H31NO. The highest BCUT2D eigenvalue weighted by atomic mass is 16.6. The zero-order valence-corrected chi connectivity index (χ0v) is 11.8. The second-order valence-corrected chi connectivity index (χ2v) is 5.82. The molecule has 0 aromatic carbocycles. The lowest BCUT2D eigenvalue weighted by atomic mass is 9.97. The molecule has 0 radical (unpaired) electrons. The standard InChI is InChI=1S/C15H31NO/c1-3-4-5-6-7-8-9-10-11-12-14(16)15(2)13-17-15/h14H,3-13,16H2,1-2H3. The Labute approximate surface area is 107 Å². The van der Waals surface area contributed by atoms with Gasteiger partial charge in [0.05, 0.1) is 6.61 Å². The average molecular weight is 241 g/mol. The molecule has 0 bridgehead atoms. The SMILES string of the molecule is CCCCCCCCCCCC(N)C1(C)CO1. The van der Waals surface area contributed by atoms with Crippen molar-refractivity contribution in [2.45, 2.75) is 89.7 Å². The van der Waals surface area contributed by atoms with Crippen molar-refractivity contribution in [1.29, 1.82) is 0 Å². The molecule has 0 amide bonds. The number of ether oxygens (including phenoxy) is 1. The molecule has 0 aromatic rings. The van der Waals surface area contributed by atoms with E-state index in [-0.39, 0.29) is 11.6 Å². The molecule has 102 valence electrons. The molecule has 2 N–H and O–H groups in total. The maximum absolute atomic E-state index is 6.08. The lowest BCUT2D eigenvalue weighted by molar-refractivity contribution is 0.270. The Kier molecular flexibility index (Phi) is 7.14. The number of unbranched alkanes of at least 4 members (excludes halogenated alkanes) is 8. The Hall–Kier alpha value is -0.0800. The molecule has 1 aliphatic heterocycles. The van der Waals surface area contributed by atoms with Gasteiger partial charge in [0.25, 0.3) is 0 Å². The van der Waals surface area contributed by atoms with Gasteiger partial charge in [-0.05, 0) is 13.3 Å². The smallest absolute Gasteiger partial charge is 0.104 e. The van der Waals surface area contributed by atoms with Crippen LogP contribution in [0.2, 0.25) is 0 Å². The van der Waals surface area contributed by atoms with E-state index < -0.39 is 0 Å². The summed E-state index contributed by atoms with van der Waals surface area (Å²) in [5.74, 6) is 0. The lowest BCUT2D eigenvalue weighted by Gasteiger charge is -2.15. The van der Waals surface area contributed by atoms with E-state index in [1.165, 1.54) is 57.8 Å². The molecule has 0 aliphatic carbocycles. The van der Waals surface area contributed by atoms with Crippen molar-refractivity contribution in [1.82, 2.24) is 0 Å². The fraction of sp³-hybridized carbons (Fsp3) is 1.00. The van der Waals surface area contributed by atoms with E-state index in [9.17, 15) is 0 Å². The minimum atomic E-state index is 0.0279. The summed E-state index contributed by atoms with van der Waals surface area (Å²) < 4.78 is 5.37. The van der Waals surface area contributed by atoms with Crippen LogP contribution in [0.15, 0.2) is 0 Å². The molecule has 1 heterocycles. The van der Waals surface area contributed by atoms with Crippen LogP contribution in [0.4, 0.5) is 0 Å². The van der Waals surface area contributed by atoms with Gasteiger partial charge in [-0.15, -0.1) is 0 Å². The van der Waals surface area contributed by atoms with Gasteiger partial charge in [0, 0.05) is 6.04 Å². The summed E-state index contributed by atoms with van der Waals surface area (Å²) in [6.07, 6.45) is 13.6. The minimum Gasteiger partial charge on any atom is -0.368 e. The summed E-state index contributed by atoms with van der Waals surface area (Å²) in [5.41, 5.74) is 6.11. The van der Waals surface area contributed by atoms with Gasteiger partial charge < -0.3 is 10.5 Å². The second-order valence-electron chi connectivity index (χ2n) is 5.82. The van der Waals surface area contributed by atoms with Gasteiger partial charge in [-0.3, -0.25) is 0 Å². The van der Waals surface area contributed by atoms with E-state index in [0.29, 0.717) is 0 Å². The number of nitrogens with two attached hydrogens (primary N) is 1. The Morgan fingerprint density at radius 1 is 1.00 bits per heavy atom. The zero-order valence-electron chi connectivity index (χ0n) is 11.8. The molecule has 1 rings (SSSR count). The summed E-state index contributed by atoms with van der Waals surface area (Å²) >= 11 is 0. The molecule has 2 heteroatoms. The molecule has 0 spiro atoms. The Bertz CT molecular complexity index is 189. The molecular weight excluding hydrogens is 210 g/mol. The highest BCUT2D eigenvalue weighted by Crippen LogP contribution is 2.31. The van der Waals surface area contributed by atoms with E-state index in [2.05, 4.69) is 13.8 Å². The third kappa shape index (κ3) is 6.42. The number of rotatable bonds is 11. The summed E-state index contributed by atoms with van der Waals surface area (Å²) in [5, 5.41) is 0. The first-order chi connectivity index (χ1) is 8.19. The first kappa shape index (κ1) is 15.0. The summed E-state index contributed by atoms with van der Waals surface area (Å²) in [7, 11) is 0. The molecule has 1 saturated heterocycles. The summed E-state index contributed by atoms with van der Waals surface area (Å²) in [6.45, 7) is 5.27. The summed E-state index contributed by atoms with van der Waals surface area (Å²) in [4.78, 5) is 0. The molecule has 1 aliphatic rings. The second kappa shape index (κ2) is 8.10. The van der Waals surface area contributed by atoms with Crippen molar-refractivity contribution < 1.29 is 4.74 Å². The third-order valence-electron chi connectivity index (χ3n) is 4.00. The van der Waals surface area contributed by atoms with Gasteiger partial charge in [0.1, 0.15) is 5.60 Å². The van der Waals surface area contributed by atoms with Crippen LogP contribution < -0.4 is 5.73 Å². The van der Waals surface area contributed by atoms with E-state index in [4.69, 9.17) is 10.5 Å². The predicted molar refractivity (Wildman–Crippen MR) is 74.2 cm³/mol. The van der Waals surface area contributed by atoms with Crippen molar-refractivity contribution in [3.8, 4) is 0 Å². The van der Waals surface area contributed by atoms with Crippen LogP contribution in [0.3, 0.4) is 0 Å². The van der Waals surface area contributed by atoms with Crippen molar-refractivity contribution in [3.63, 3.8) is 0 Å². The molecule has 2 unspecified atom stereocenters. The number of hydrogen-bond acceptors (Lipinski definition) is 2. The highest BCUT2D eigenvalue weighted by molar-refractivity contribution is 4.96. The predicted octanol–water partition coefficient (Wildman–Crippen LogP) is 4.02. The molecule has 0 saturated carbocycles. The topological polar surface area (TPSA) is 38.5 Å². The van der Waals surface area contributed by atoms with Gasteiger partial charge in [0.15, 0.2) is 0 Å². The van der Waals surface area contributed by atoms with Crippen molar-refractivity contribution >= 4 is 0 Å². The van der Waals surface area contributed by atoms with Crippen LogP contribution in [0.5, 0.6) is 0 Å². The third-order valence-corrected chi connectivity index (χ3v) is 4.00. The minimum absolute atomic E-state index is 0.0279. The average Bonchev–Trinajstić information content (AvgIpc) is 3.06. The fourth-order valence-corrected chi connectivity index (χ4v) is 2.31. The van der Waals surface area contributed by atoms with Crippen molar-refractivity contribution in [2.75, 3.05) is 6.61 Å². The van der Waals surface area contributed by atoms with E-state index in [1.807, 2.05) is 0 Å². The largest absolute Gasteiger partial charge is 0.368 e. The molecule has 1 fully saturated rings. The Morgan fingerprint density at radius 2 is 1.47 bits per heavy atom. The Balaban J connectivity index is 1.78. The molecule has 0 aromatic heterocycles. The fourth-order valence-electron chi connectivity index (χ4n) is 2.31. The highest BCUT2D eigenvalue weighted by Gasteiger charge is 2.44. The van der Waals surface area contributed by atoms with Gasteiger partial charge in [-0.2, -0.15) is 0 Å². The molecule has 2 nitrogen and oxygen atoms in total.